The van der Waals surface area contributed by atoms with E-state index in [4.69, 9.17) is 24.3 Å². The summed E-state index contributed by atoms with van der Waals surface area (Å²) >= 11 is 0. The van der Waals surface area contributed by atoms with Gasteiger partial charge >= 0.3 is 0 Å². The van der Waals surface area contributed by atoms with Crippen LogP contribution in [0, 0.1) is 11.6 Å². The lowest BCUT2D eigenvalue weighted by Crippen LogP contribution is -2.22. The molecule has 0 amide bonds. The first-order valence-electron chi connectivity index (χ1n) is 14.8. The molecule has 2 aromatic heterocycles. The first-order valence-corrected chi connectivity index (χ1v) is 18.5. The quantitative estimate of drug-likeness (QED) is 0.158. The number of nitrogens with zero attached hydrogens (tertiary/aromatic N) is 4. The Morgan fingerprint density at radius 3 is 2.64 bits per heavy atom. The SMILES string of the molecule is CC(Oc1ccc2c(c1)c(-c1nc3c(n1COCC[Si](C)(C)C)CNC3)nn2C1CCCCO1)c1cc(F)cc(F)c1. The minimum atomic E-state index is -1.23. The van der Waals surface area contributed by atoms with Crippen LogP contribution in [0.25, 0.3) is 22.4 Å². The maximum atomic E-state index is 13.9. The van der Waals surface area contributed by atoms with E-state index in [0.717, 1.165) is 71.7 Å². The number of rotatable bonds is 10. The molecule has 4 aromatic rings. The van der Waals surface area contributed by atoms with Crippen LogP contribution in [0.15, 0.2) is 36.4 Å². The van der Waals surface area contributed by atoms with E-state index in [1.807, 2.05) is 22.9 Å². The topological polar surface area (TPSA) is 75.4 Å². The lowest BCUT2D eigenvalue weighted by Gasteiger charge is -2.23. The van der Waals surface area contributed by atoms with Gasteiger partial charge in [0.2, 0.25) is 0 Å². The molecule has 4 heterocycles. The largest absolute Gasteiger partial charge is 0.486 e. The molecule has 2 unspecified atom stereocenters. The van der Waals surface area contributed by atoms with Crippen molar-refractivity contribution in [3.8, 4) is 17.3 Å². The summed E-state index contributed by atoms with van der Waals surface area (Å²) in [5, 5.41) is 9.38. The zero-order valence-corrected chi connectivity index (χ0v) is 25.8. The van der Waals surface area contributed by atoms with Crippen molar-refractivity contribution in [2.45, 2.75) is 84.0 Å². The van der Waals surface area contributed by atoms with E-state index in [1.54, 1.807) is 6.92 Å². The molecule has 2 aliphatic heterocycles. The zero-order valence-electron chi connectivity index (χ0n) is 24.8. The monoisotopic (exact) mass is 595 g/mol. The molecule has 2 atom stereocenters. The van der Waals surface area contributed by atoms with Crippen molar-refractivity contribution < 1.29 is 23.0 Å². The molecule has 1 saturated heterocycles. The summed E-state index contributed by atoms with van der Waals surface area (Å²) in [5.41, 5.74) is 4.20. The zero-order chi connectivity index (χ0) is 29.4. The second-order valence-electron chi connectivity index (χ2n) is 12.5. The number of halogens is 2. The lowest BCUT2D eigenvalue weighted by atomic mass is 10.1. The van der Waals surface area contributed by atoms with E-state index >= 15 is 0 Å². The van der Waals surface area contributed by atoms with E-state index in [0.29, 0.717) is 37.8 Å². The molecule has 8 nitrogen and oxygen atoms in total. The molecule has 2 aliphatic rings. The average Bonchev–Trinajstić information content (AvgIpc) is 3.64. The van der Waals surface area contributed by atoms with Gasteiger partial charge in [-0.2, -0.15) is 5.10 Å². The van der Waals surface area contributed by atoms with Crippen LogP contribution in [-0.2, 0) is 29.3 Å². The van der Waals surface area contributed by atoms with Crippen LogP contribution in [-0.4, -0.2) is 40.6 Å². The van der Waals surface area contributed by atoms with E-state index in [-0.39, 0.29) is 6.23 Å². The van der Waals surface area contributed by atoms with Crippen LogP contribution >= 0.6 is 0 Å². The smallest absolute Gasteiger partial charge is 0.163 e. The van der Waals surface area contributed by atoms with Crippen LogP contribution in [0.1, 0.15) is 55.5 Å². The Hall–Kier alpha value is -3.12. The van der Waals surface area contributed by atoms with Gasteiger partial charge in [0.1, 0.15) is 35.9 Å². The van der Waals surface area contributed by atoms with E-state index in [9.17, 15) is 8.78 Å². The number of imidazole rings is 1. The molecule has 11 heteroatoms. The highest BCUT2D eigenvalue weighted by molar-refractivity contribution is 6.76. The standard InChI is InChI=1S/C31H39F2N5O3Si/c1-20(21-13-22(32)15-23(33)14-21)41-24-8-9-27-25(16-24)30(36-38(27)29-7-5-6-10-40-29)31-35-26-17-34-18-28(26)37(31)19-39-11-12-42(2,3)4/h8-9,13-16,20,29,34H,5-7,10-12,17-19H2,1-4H3. The lowest BCUT2D eigenvalue weighted by molar-refractivity contribution is -0.0365. The van der Waals surface area contributed by atoms with Gasteiger partial charge in [-0.3, -0.25) is 0 Å². The predicted octanol–water partition coefficient (Wildman–Crippen LogP) is 6.93. The number of nitrogens with one attached hydrogen (secondary N) is 1. The maximum Gasteiger partial charge on any atom is 0.163 e. The van der Waals surface area contributed by atoms with E-state index < -0.39 is 25.8 Å². The maximum absolute atomic E-state index is 13.9. The van der Waals surface area contributed by atoms with Crippen LogP contribution in [0.4, 0.5) is 8.78 Å². The molecular formula is C31H39F2N5O3Si. The Labute approximate surface area is 246 Å². The number of benzene rings is 2. The van der Waals surface area contributed by atoms with Gasteiger partial charge in [-0.05, 0) is 68.1 Å². The molecule has 0 bridgehead atoms. The molecule has 224 valence electrons. The highest BCUT2D eigenvalue weighted by Crippen LogP contribution is 2.37. The van der Waals surface area contributed by atoms with Gasteiger partial charge in [0.25, 0.3) is 0 Å². The fourth-order valence-electron chi connectivity index (χ4n) is 5.61. The van der Waals surface area contributed by atoms with Gasteiger partial charge in [0.05, 0.1) is 16.9 Å². The minimum Gasteiger partial charge on any atom is -0.486 e. The van der Waals surface area contributed by atoms with E-state index in [1.165, 1.54) is 12.1 Å². The third-order valence-electron chi connectivity index (χ3n) is 7.94. The summed E-state index contributed by atoms with van der Waals surface area (Å²) in [6.07, 6.45) is 2.26. The summed E-state index contributed by atoms with van der Waals surface area (Å²) in [4.78, 5) is 5.04. The van der Waals surface area contributed by atoms with Crippen molar-refractivity contribution in [1.29, 1.82) is 0 Å². The Morgan fingerprint density at radius 1 is 1.10 bits per heavy atom. The van der Waals surface area contributed by atoms with Gasteiger partial charge in [-0.1, -0.05) is 19.6 Å². The molecule has 0 saturated carbocycles. The van der Waals surface area contributed by atoms with Gasteiger partial charge in [0.15, 0.2) is 12.1 Å². The van der Waals surface area contributed by atoms with Gasteiger partial charge in [0, 0.05) is 45.8 Å². The molecule has 0 radical (unpaired) electrons. The van der Waals surface area contributed by atoms with Crippen molar-refractivity contribution in [2.75, 3.05) is 13.2 Å². The fraction of sp³-hybridized carbons (Fsp3) is 0.484. The molecule has 42 heavy (non-hydrogen) atoms. The van der Waals surface area contributed by atoms with Crippen molar-refractivity contribution in [3.05, 3.63) is 65.0 Å². The Bertz CT molecular complexity index is 1550. The Kier molecular flexibility index (Phi) is 8.19. The number of hydrogen-bond acceptors (Lipinski definition) is 6. The number of aromatic nitrogens is 4. The van der Waals surface area contributed by atoms with Crippen LogP contribution in [0.5, 0.6) is 5.75 Å². The van der Waals surface area contributed by atoms with Crippen molar-refractivity contribution in [1.82, 2.24) is 24.6 Å². The molecular weight excluding hydrogens is 556 g/mol. The summed E-state index contributed by atoms with van der Waals surface area (Å²) < 4.78 is 50.4. The van der Waals surface area contributed by atoms with Crippen LogP contribution < -0.4 is 10.1 Å². The fourth-order valence-corrected chi connectivity index (χ4v) is 6.36. The average molecular weight is 596 g/mol. The number of ether oxygens (including phenoxy) is 3. The third kappa shape index (κ3) is 6.15. The second kappa shape index (κ2) is 11.9. The summed E-state index contributed by atoms with van der Waals surface area (Å²) in [7, 11) is -1.23. The van der Waals surface area contributed by atoms with Crippen molar-refractivity contribution in [2.24, 2.45) is 0 Å². The summed E-state index contributed by atoms with van der Waals surface area (Å²) in [6, 6.07) is 10.3. The molecule has 2 aromatic carbocycles. The predicted molar refractivity (Wildman–Crippen MR) is 160 cm³/mol. The second-order valence-corrected chi connectivity index (χ2v) is 18.1. The molecule has 6 rings (SSSR count). The highest BCUT2D eigenvalue weighted by Gasteiger charge is 2.28. The Balaban J connectivity index is 1.39. The normalized spacial score (nSPS) is 18.0. The van der Waals surface area contributed by atoms with Gasteiger partial charge < -0.3 is 24.1 Å². The highest BCUT2D eigenvalue weighted by atomic mass is 28.3. The van der Waals surface area contributed by atoms with Gasteiger partial charge in [-0.25, -0.2) is 18.4 Å². The number of hydrogen-bond donors (Lipinski definition) is 1. The Morgan fingerprint density at radius 2 is 1.90 bits per heavy atom. The summed E-state index contributed by atoms with van der Waals surface area (Å²) in [5.74, 6) is 0.0666. The first-order chi connectivity index (χ1) is 20.2. The van der Waals surface area contributed by atoms with Crippen molar-refractivity contribution in [3.63, 3.8) is 0 Å². The molecule has 1 N–H and O–H groups in total. The van der Waals surface area contributed by atoms with Crippen molar-refractivity contribution >= 4 is 19.0 Å². The molecule has 0 aliphatic carbocycles. The first kappa shape index (κ1) is 29.0. The van der Waals surface area contributed by atoms with Crippen LogP contribution in [0.2, 0.25) is 25.7 Å². The van der Waals surface area contributed by atoms with E-state index in [2.05, 4.69) is 29.5 Å². The van der Waals surface area contributed by atoms with Crippen LogP contribution in [0.3, 0.4) is 0 Å². The molecule has 1 fully saturated rings. The molecule has 0 spiro atoms. The summed E-state index contributed by atoms with van der Waals surface area (Å²) in [6.45, 7) is 12.0. The third-order valence-corrected chi connectivity index (χ3v) is 9.65. The number of fused-ring (bicyclic) bond motifs is 2. The minimum absolute atomic E-state index is 0.166. The van der Waals surface area contributed by atoms with Gasteiger partial charge in [-0.15, -0.1) is 0 Å².